The van der Waals surface area contributed by atoms with Crippen molar-refractivity contribution in [2.24, 2.45) is 0 Å². The van der Waals surface area contributed by atoms with E-state index in [1.165, 1.54) is 30.0 Å². The van der Waals surface area contributed by atoms with Crippen molar-refractivity contribution in [3.05, 3.63) is 29.3 Å². The van der Waals surface area contributed by atoms with Crippen molar-refractivity contribution < 1.29 is 27.9 Å². The Morgan fingerprint density at radius 2 is 1.85 bits per heavy atom. The molecule has 0 radical (unpaired) electrons. The number of sulfonamides is 1. The minimum Gasteiger partial charge on any atom is -0.480 e. The number of carbonyl (C=O) groups excluding carboxylic acids is 2. The van der Waals surface area contributed by atoms with E-state index >= 15 is 0 Å². The molecule has 9 heteroatoms. The van der Waals surface area contributed by atoms with Gasteiger partial charge in [0, 0.05) is 17.6 Å². The number of amides is 2. The molecule has 1 unspecified atom stereocenters. The molecule has 2 amide bonds. The summed E-state index contributed by atoms with van der Waals surface area (Å²) < 4.78 is 26.1. The van der Waals surface area contributed by atoms with Crippen molar-refractivity contribution in [1.29, 1.82) is 0 Å². The summed E-state index contributed by atoms with van der Waals surface area (Å²) in [7, 11) is -4.02. The monoisotopic (exact) mass is 380 g/mol. The first-order valence-corrected chi connectivity index (χ1v) is 9.79. The van der Waals surface area contributed by atoms with Gasteiger partial charge < -0.3 is 10.0 Å². The van der Waals surface area contributed by atoms with Gasteiger partial charge in [0.15, 0.2) is 0 Å². The Morgan fingerprint density at radius 3 is 2.35 bits per heavy atom. The topological polar surface area (TPSA) is 112 Å². The van der Waals surface area contributed by atoms with E-state index in [-0.39, 0.29) is 22.1 Å². The standard InChI is InChI=1S/C17H20N2O6S/c1-9(2)19-16(21)13-7-4-11(8-14(13)26(19,24)25)15(20)18(12-5-6-12)10(3)17(22)23/h4,7-10,12H,5-6H2,1-3H3,(H,22,23). The SMILES string of the molecule is CC(C(=O)O)N(C(=O)c1ccc2c(c1)S(=O)(=O)N(C(C)C)C2=O)C1CC1. The Bertz CT molecular complexity index is 904. The van der Waals surface area contributed by atoms with Gasteiger partial charge in [-0.1, -0.05) is 0 Å². The highest BCUT2D eigenvalue weighted by atomic mass is 32.2. The van der Waals surface area contributed by atoms with Crippen molar-refractivity contribution in [3.63, 3.8) is 0 Å². The summed E-state index contributed by atoms with van der Waals surface area (Å²) in [5.74, 6) is -2.29. The molecule has 1 aromatic rings. The maximum Gasteiger partial charge on any atom is 0.326 e. The molecule has 1 atom stereocenters. The van der Waals surface area contributed by atoms with Crippen LogP contribution < -0.4 is 0 Å². The van der Waals surface area contributed by atoms with Gasteiger partial charge >= 0.3 is 5.97 Å². The number of hydrogen-bond donors (Lipinski definition) is 1. The molecule has 1 saturated carbocycles. The maximum absolute atomic E-state index is 12.8. The molecule has 1 aliphatic heterocycles. The zero-order valence-corrected chi connectivity index (χ0v) is 15.5. The van der Waals surface area contributed by atoms with E-state index in [0.717, 1.165) is 4.31 Å². The van der Waals surface area contributed by atoms with Crippen LogP contribution in [0.25, 0.3) is 0 Å². The zero-order chi connectivity index (χ0) is 19.4. The molecule has 1 aromatic carbocycles. The smallest absolute Gasteiger partial charge is 0.326 e. The fourth-order valence-corrected chi connectivity index (χ4v) is 4.96. The molecule has 0 aromatic heterocycles. The van der Waals surface area contributed by atoms with Gasteiger partial charge in [0.1, 0.15) is 10.9 Å². The van der Waals surface area contributed by atoms with Crippen molar-refractivity contribution in [2.45, 2.75) is 56.6 Å². The molecule has 0 bridgehead atoms. The zero-order valence-electron chi connectivity index (χ0n) is 14.7. The second kappa shape index (κ2) is 6.08. The summed E-state index contributed by atoms with van der Waals surface area (Å²) >= 11 is 0. The average molecular weight is 380 g/mol. The van der Waals surface area contributed by atoms with E-state index in [1.54, 1.807) is 13.8 Å². The largest absolute Gasteiger partial charge is 0.480 e. The molecular weight excluding hydrogens is 360 g/mol. The van der Waals surface area contributed by atoms with Crippen LogP contribution in [-0.2, 0) is 14.8 Å². The van der Waals surface area contributed by atoms with E-state index in [9.17, 15) is 27.9 Å². The Kier molecular flexibility index (Phi) is 4.30. The van der Waals surface area contributed by atoms with Crippen molar-refractivity contribution in [1.82, 2.24) is 9.21 Å². The fourth-order valence-electron chi connectivity index (χ4n) is 3.17. The van der Waals surface area contributed by atoms with E-state index in [2.05, 4.69) is 0 Å². The number of carboxylic acid groups (broad SMARTS) is 1. The third-order valence-electron chi connectivity index (χ3n) is 4.61. The second-order valence-electron chi connectivity index (χ2n) is 6.87. The summed E-state index contributed by atoms with van der Waals surface area (Å²) in [5, 5.41) is 9.25. The molecule has 3 rings (SSSR count). The number of fused-ring (bicyclic) bond motifs is 1. The number of hydrogen-bond acceptors (Lipinski definition) is 5. The van der Waals surface area contributed by atoms with Gasteiger partial charge in [-0.25, -0.2) is 17.5 Å². The van der Waals surface area contributed by atoms with Gasteiger partial charge in [-0.05, 0) is 51.8 Å². The Morgan fingerprint density at radius 1 is 1.23 bits per heavy atom. The first-order valence-electron chi connectivity index (χ1n) is 8.35. The first-order chi connectivity index (χ1) is 12.1. The summed E-state index contributed by atoms with van der Waals surface area (Å²) in [4.78, 5) is 37.6. The molecule has 1 fully saturated rings. The van der Waals surface area contributed by atoms with E-state index in [1.807, 2.05) is 0 Å². The second-order valence-corrected chi connectivity index (χ2v) is 8.65. The van der Waals surface area contributed by atoms with Crippen LogP contribution in [-0.4, -0.2) is 58.6 Å². The van der Waals surface area contributed by atoms with Gasteiger partial charge in [0.2, 0.25) is 0 Å². The van der Waals surface area contributed by atoms with Gasteiger partial charge in [0.25, 0.3) is 21.8 Å². The first kappa shape index (κ1) is 18.4. The quantitative estimate of drug-likeness (QED) is 0.824. The highest BCUT2D eigenvalue weighted by molar-refractivity contribution is 7.90. The van der Waals surface area contributed by atoms with E-state index < -0.39 is 39.9 Å². The minimum absolute atomic E-state index is 0.0273. The number of rotatable bonds is 5. The van der Waals surface area contributed by atoms with Crippen LogP contribution in [0.2, 0.25) is 0 Å². The third-order valence-corrected chi connectivity index (χ3v) is 6.61. The molecule has 0 spiro atoms. The molecule has 0 saturated heterocycles. The Balaban J connectivity index is 2.03. The predicted molar refractivity (Wildman–Crippen MR) is 91.2 cm³/mol. The lowest BCUT2D eigenvalue weighted by molar-refractivity contribution is -0.141. The lowest BCUT2D eigenvalue weighted by atomic mass is 10.1. The summed E-state index contributed by atoms with van der Waals surface area (Å²) in [6, 6.07) is 2.15. The van der Waals surface area contributed by atoms with Gasteiger partial charge in [-0.15, -0.1) is 0 Å². The van der Waals surface area contributed by atoms with Crippen molar-refractivity contribution >= 4 is 27.8 Å². The summed E-state index contributed by atoms with van der Waals surface area (Å²) in [5.41, 5.74) is 0.0882. The van der Waals surface area contributed by atoms with Crippen LogP contribution in [0.5, 0.6) is 0 Å². The molecule has 1 heterocycles. The molecule has 26 heavy (non-hydrogen) atoms. The van der Waals surface area contributed by atoms with E-state index in [4.69, 9.17) is 0 Å². The van der Waals surface area contributed by atoms with Crippen LogP contribution in [0, 0.1) is 0 Å². The molecule has 140 valence electrons. The third kappa shape index (κ3) is 2.76. The molecular formula is C17H20N2O6S. The maximum atomic E-state index is 12.8. The Labute approximate surface area is 151 Å². The lowest BCUT2D eigenvalue weighted by Crippen LogP contribution is -2.44. The normalized spacial score (nSPS) is 19.4. The van der Waals surface area contributed by atoms with Crippen LogP contribution >= 0.6 is 0 Å². The Hall–Kier alpha value is -2.42. The van der Waals surface area contributed by atoms with Gasteiger partial charge in [-0.3, -0.25) is 9.59 Å². The highest BCUT2D eigenvalue weighted by Crippen LogP contribution is 2.34. The number of carboxylic acids is 1. The molecule has 1 aliphatic carbocycles. The van der Waals surface area contributed by atoms with E-state index in [0.29, 0.717) is 12.8 Å². The number of aliphatic carboxylic acids is 1. The number of carbonyl (C=O) groups is 3. The average Bonchev–Trinajstić information content (AvgIpc) is 3.35. The van der Waals surface area contributed by atoms with Gasteiger partial charge in [0.05, 0.1) is 5.56 Å². The van der Waals surface area contributed by atoms with Crippen LogP contribution in [0.15, 0.2) is 23.1 Å². The summed E-state index contributed by atoms with van der Waals surface area (Å²) in [6.45, 7) is 4.61. The van der Waals surface area contributed by atoms with Crippen LogP contribution in [0.1, 0.15) is 54.3 Å². The highest BCUT2D eigenvalue weighted by Gasteiger charge is 2.44. The van der Waals surface area contributed by atoms with Crippen molar-refractivity contribution in [2.75, 3.05) is 0 Å². The fraction of sp³-hybridized carbons (Fsp3) is 0.471. The lowest BCUT2D eigenvalue weighted by Gasteiger charge is -2.26. The van der Waals surface area contributed by atoms with Crippen molar-refractivity contribution in [3.8, 4) is 0 Å². The van der Waals surface area contributed by atoms with Gasteiger partial charge in [-0.2, -0.15) is 0 Å². The minimum atomic E-state index is -4.02. The number of benzene rings is 1. The summed E-state index contributed by atoms with van der Waals surface area (Å²) in [6.07, 6.45) is 1.43. The van der Waals surface area contributed by atoms with Crippen LogP contribution in [0.4, 0.5) is 0 Å². The molecule has 2 aliphatic rings. The van der Waals surface area contributed by atoms with Crippen LogP contribution in [0.3, 0.4) is 0 Å². The molecule has 8 nitrogen and oxygen atoms in total. The number of nitrogens with zero attached hydrogens (tertiary/aromatic N) is 2. The predicted octanol–water partition coefficient (Wildman–Crippen LogP) is 1.32. The molecule has 1 N–H and O–H groups in total.